The minimum absolute atomic E-state index is 0.0805. The van der Waals surface area contributed by atoms with Gasteiger partial charge in [0.1, 0.15) is 0 Å². The van der Waals surface area contributed by atoms with Crippen molar-refractivity contribution < 1.29 is 19.4 Å². The van der Waals surface area contributed by atoms with Crippen LogP contribution >= 0.6 is 0 Å². The van der Waals surface area contributed by atoms with Gasteiger partial charge in [-0.05, 0) is 26.2 Å². The van der Waals surface area contributed by atoms with Gasteiger partial charge < -0.3 is 20.5 Å². The van der Waals surface area contributed by atoms with E-state index in [1.165, 1.54) is 0 Å². The molecule has 0 aliphatic rings. The monoisotopic (exact) mass is 260 g/mol. The van der Waals surface area contributed by atoms with E-state index in [0.29, 0.717) is 19.6 Å². The Morgan fingerprint density at radius 2 is 2.00 bits per heavy atom. The molecule has 0 aromatic carbocycles. The molecule has 0 bridgehead atoms. The highest BCUT2D eigenvalue weighted by Crippen LogP contribution is 1.98. The molecule has 0 aliphatic carbocycles. The van der Waals surface area contributed by atoms with Gasteiger partial charge in [0.05, 0.1) is 0 Å². The Kier molecular flexibility index (Phi) is 10.0. The third kappa shape index (κ3) is 11.2. The summed E-state index contributed by atoms with van der Waals surface area (Å²) in [5.74, 6) is -0.771. The smallest absolute Gasteiger partial charge is 0.314 e. The molecule has 6 heteroatoms. The number of carbonyl (C=O) groups is 2. The lowest BCUT2D eigenvalue weighted by atomic mass is 10.2. The predicted molar refractivity (Wildman–Crippen MR) is 68.6 cm³/mol. The summed E-state index contributed by atoms with van der Waals surface area (Å²) in [6.07, 6.45) is 3.24. The lowest BCUT2D eigenvalue weighted by Crippen LogP contribution is -2.41. The number of hydrogen-bond donors (Lipinski definition) is 3. The Bertz CT molecular complexity index is 246. The van der Waals surface area contributed by atoms with E-state index < -0.39 is 5.97 Å². The highest BCUT2D eigenvalue weighted by atomic mass is 16.5. The molecule has 0 spiro atoms. The molecule has 3 N–H and O–H groups in total. The van der Waals surface area contributed by atoms with Crippen molar-refractivity contribution in [3.8, 4) is 0 Å². The molecule has 0 aliphatic heterocycles. The van der Waals surface area contributed by atoms with E-state index in [0.717, 1.165) is 19.3 Å². The van der Waals surface area contributed by atoms with Crippen molar-refractivity contribution in [3.63, 3.8) is 0 Å². The summed E-state index contributed by atoms with van der Waals surface area (Å²) in [5.41, 5.74) is 0. The Morgan fingerprint density at radius 1 is 1.28 bits per heavy atom. The molecule has 0 fully saturated rings. The van der Waals surface area contributed by atoms with E-state index in [9.17, 15) is 9.59 Å². The van der Waals surface area contributed by atoms with Crippen molar-refractivity contribution in [1.82, 2.24) is 10.6 Å². The van der Waals surface area contributed by atoms with Crippen molar-refractivity contribution in [2.75, 3.05) is 20.3 Å². The van der Waals surface area contributed by atoms with Crippen LogP contribution < -0.4 is 10.6 Å². The zero-order valence-corrected chi connectivity index (χ0v) is 11.2. The van der Waals surface area contributed by atoms with E-state index in [1.54, 1.807) is 7.11 Å². The van der Waals surface area contributed by atoms with Crippen LogP contribution in [0.1, 0.15) is 39.0 Å². The summed E-state index contributed by atoms with van der Waals surface area (Å²) in [7, 11) is 1.63. The van der Waals surface area contributed by atoms with Crippen molar-refractivity contribution in [3.05, 3.63) is 0 Å². The van der Waals surface area contributed by atoms with E-state index >= 15 is 0 Å². The molecule has 6 nitrogen and oxygen atoms in total. The first-order valence-corrected chi connectivity index (χ1v) is 6.31. The Balaban J connectivity index is 3.39. The number of hydrogen-bond acceptors (Lipinski definition) is 3. The minimum atomic E-state index is -0.771. The summed E-state index contributed by atoms with van der Waals surface area (Å²) in [6, 6.07) is -0.103. The summed E-state index contributed by atoms with van der Waals surface area (Å²) in [5, 5.41) is 14.0. The average Bonchev–Trinajstić information content (AvgIpc) is 2.30. The molecule has 2 amide bonds. The van der Waals surface area contributed by atoms with Crippen LogP contribution in [0.2, 0.25) is 0 Å². The zero-order chi connectivity index (χ0) is 13.8. The summed E-state index contributed by atoms with van der Waals surface area (Å²) in [4.78, 5) is 21.7. The molecule has 0 saturated heterocycles. The first-order valence-electron chi connectivity index (χ1n) is 6.31. The number of aliphatic carboxylic acids is 1. The second kappa shape index (κ2) is 10.8. The molecule has 106 valence electrons. The van der Waals surface area contributed by atoms with Crippen LogP contribution in [0.4, 0.5) is 4.79 Å². The lowest BCUT2D eigenvalue weighted by Gasteiger charge is -2.14. The van der Waals surface area contributed by atoms with Crippen LogP contribution in [0.15, 0.2) is 0 Å². The number of urea groups is 1. The van der Waals surface area contributed by atoms with Gasteiger partial charge in [-0.25, -0.2) is 4.79 Å². The molecule has 0 saturated carbocycles. The number of methoxy groups -OCH3 is 1. The van der Waals surface area contributed by atoms with Crippen LogP contribution in [-0.2, 0) is 9.53 Å². The van der Waals surface area contributed by atoms with Gasteiger partial charge in [-0.1, -0.05) is 6.42 Å². The first-order chi connectivity index (χ1) is 8.56. The molecular formula is C12H24N2O4. The Morgan fingerprint density at radius 3 is 2.61 bits per heavy atom. The summed E-state index contributed by atoms with van der Waals surface area (Å²) in [6.45, 7) is 3.12. The van der Waals surface area contributed by atoms with E-state index in [4.69, 9.17) is 9.84 Å². The third-order valence-electron chi connectivity index (χ3n) is 2.49. The Labute approximate surface area is 108 Å². The Hall–Kier alpha value is -1.30. The summed E-state index contributed by atoms with van der Waals surface area (Å²) >= 11 is 0. The fourth-order valence-corrected chi connectivity index (χ4v) is 1.42. The van der Waals surface area contributed by atoms with E-state index in [-0.39, 0.29) is 18.5 Å². The lowest BCUT2D eigenvalue weighted by molar-refractivity contribution is -0.137. The van der Waals surface area contributed by atoms with E-state index in [1.807, 2.05) is 6.92 Å². The van der Waals surface area contributed by atoms with Crippen molar-refractivity contribution in [1.29, 1.82) is 0 Å². The van der Waals surface area contributed by atoms with Gasteiger partial charge in [0.25, 0.3) is 0 Å². The predicted octanol–water partition coefficient (Wildman–Crippen LogP) is 1.36. The topological polar surface area (TPSA) is 87.7 Å². The minimum Gasteiger partial charge on any atom is -0.481 e. The average molecular weight is 260 g/mol. The molecule has 0 aromatic heterocycles. The quantitative estimate of drug-likeness (QED) is 0.517. The number of nitrogens with one attached hydrogen (secondary N) is 2. The molecular weight excluding hydrogens is 236 g/mol. The molecule has 0 radical (unpaired) electrons. The molecule has 18 heavy (non-hydrogen) atoms. The van der Waals surface area contributed by atoms with Crippen LogP contribution in [0, 0.1) is 0 Å². The maximum Gasteiger partial charge on any atom is 0.314 e. The van der Waals surface area contributed by atoms with Gasteiger partial charge in [-0.3, -0.25) is 4.79 Å². The number of carboxylic acids is 1. The van der Waals surface area contributed by atoms with Gasteiger partial charge in [-0.2, -0.15) is 0 Å². The fourth-order valence-electron chi connectivity index (χ4n) is 1.42. The first kappa shape index (κ1) is 16.7. The number of carbonyl (C=O) groups excluding carboxylic acids is 1. The molecule has 1 atom stereocenters. The van der Waals surface area contributed by atoms with Crippen LogP contribution in [-0.4, -0.2) is 43.4 Å². The van der Waals surface area contributed by atoms with Gasteiger partial charge in [0.15, 0.2) is 0 Å². The maximum absolute atomic E-state index is 11.4. The molecule has 0 aromatic rings. The third-order valence-corrected chi connectivity index (χ3v) is 2.49. The number of amides is 2. The number of rotatable bonds is 10. The molecule has 1 unspecified atom stereocenters. The van der Waals surface area contributed by atoms with Crippen LogP contribution in [0.3, 0.4) is 0 Å². The molecule has 0 rings (SSSR count). The summed E-state index contributed by atoms with van der Waals surface area (Å²) < 4.78 is 4.92. The van der Waals surface area contributed by atoms with Crippen LogP contribution in [0.5, 0.6) is 0 Å². The van der Waals surface area contributed by atoms with E-state index in [2.05, 4.69) is 10.6 Å². The SMILES string of the molecule is COCCC(C)NC(=O)NCCCCCC(=O)O. The zero-order valence-electron chi connectivity index (χ0n) is 11.2. The normalized spacial score (nSPS) is 11.9. The van der Waals surface area contributed by atoms with Gasteiger partial charge in [0.2, 0.25) is 0 Å². The van der Waals surface area contributed by atoms with Crippen molar-refractivity contribution >= 4 is 12.0 Å². The molecule has 0 heterocycles. The number of carboxylic acid groups (broad SMARTS) is 1. The maximum atomic E-state index is 11.4. The second-order valence-corrected chi connectivity index (χ2v) is 4.29. The second-order valence-electron chi connectivity index (χ2n) is 4.29. The number of ether oxygens (including phenoxy) is 1. The van der Waals surface area contributed by atoms with Crippen LogP contribution in [0.25, 0.3) is 0 Å². The van der Waals surface area contributed by atoms with Gasteiger partial charge in [-0.15, -0.1) is 0 Å². The van der Waals surface area contributed by atoms with Gasteiger partial charge in [0, 0.05) is 32.7 Å². The number of unbranched alkanes of at least 4 members (excludes halogenated alkanes) is 2. The van der Waals surface area contributed by atoms with Crippen molar-refractivity contribution in [2.24, 2.45) is 0 Å². The highest BCUT2D eigenvalue weighted by molar-refractivity contribution is 5.74. The highest BCUT2D eigenvalue weighted by Gasteiger charge is 2.05. The van der Waals surface area contributed by atoms with Crippen molar-refractivity contribution in [2.45, 2.75) is 45.1 Å². The fraction of sp³-hybridized carbons (Fsp3) is 0.833. The standard InChI is InChI=1S/C12H24N2O4/c1-10(7-9-18-2)14-12(17)13-8-5-3-4-6-11(15)16/h10H,3-9H2,1-2H3,(H,15,16)(H2,13,14,17). The largest absolute Gasteiger partial charge is 0.481 e. The van der Waals surface area contributed by atoms with Gasteiger partial charge >= 0.3 is 12.0 Å².